The third-order valence-corrected chi connectivity index (χ3v) is 2.78. The molecule has 0 amide bonds. The average molecular weight is 201 g/mol. The third-order valence-electron chi connectivity index (χ3n) is 2.52. The summed E-state index contributed by atoms with van der Waals surface area (Å²) in [6.07, 6.45) is 5.69. The van der Waals surface area contributed by atoms with Crippen molar-refractivity contribution in [3.05, 3.63) is 23.0 Å². The van der Waals surface area contributed by atoms with Gasteiger partial charge in [0.25, 0.3) is 0 Å². The fourth-order valence-corrected chi connectivity index (χ4v) is 1.99. The van der Waals surface area contributed by atoms with Crippen molar-refractivity contribution < 1.29 is 4.39 Å². The van der Waals surface area contributed by atoms with E-state index in [9.17, 15) is 4.39 Å². The molecule has 1 aliphatic rings. The molecular weight excluding hydrogens is 191 g/mol. The lowest BCUT2D eigenvalue weighted by molar-refractivity contribution is 0.557. The Morgan fingerprint density at radius 3 is 2.69 bits per heavy atom. The van der Waals surface area contributed by atoms with Crippen LogP contribution in [0, 0.1) is 5.82 Å². The largest absolute Gasteiger partial charge is 0.238 e. The lowest BCUT2D eigenvalue weighted by Gasteiger charge is -2.08. The van der Waals surface area contributed by atoms with Crippen molar-refractivity contribution in [1.82, 2.24) is 9.97 Å². The first-order chi connectivity index (χ1) is 6.29. The van der Waals surface area contributed by atoms with E-state index in [0.717, 1.165) is 25.7 Å². The van der Waals surface area contributed by atoms with Crippen LogP contribution in [0.3, 0.4) is 0 Å². The quantitative estimate of drug-likeness (QED) is 0.652. The van der Waals surface area contributed by atoms with Gasteiger partial charge in [-0.1, -0.05) is 24.4 Å². The molecule has 0 saturated heterocycles. The first kappa shape index (κ1) is 8.88. The monoisotopic (exact) mass is 200 g/mol. The minimum absolute atomic E-state index is 0.0584. The van der Waals surface area contributed by atoms with Gasteiger partial charge in [-0.3, -0.25) is 0 Å². The van der Waals surface area contributed by atoms with Gasteiger partial charge in [-0.25, -0.2) is 14.4 Å². The minimum Gasteiger partial charge on any atom is -0.238 e. The highest BCUT2D eigenvalue weighted by atomic mass is 35.5. The van der Waals surface area contributed by atoms with E-state index >= 15 is 0 Å². The highest BCUT2D eigenvalue weighted by Crippen LogP contribution is 2.34. The van der Waals surface area contributed by atoms with Crippen LogP contribution in [-0.4, -0.2) is 9.97 Å². The van der Waals surface area contributed by atoms with Gasteiger partial charge in [-0.05, 0) is 12.8 Å². The fourth-order valence-electron chi connectivity index (χ4n) is 1.84. The Balaban J connectivity index is 2.33. The molecule has 0 aromatic carbocycles. The molecule has 0 atom stereocenters. The smallest absolute Gasteiger partial charge is 0.182 e. The topological polar surface area (TPSA) is 25.8 Å². The van der Waals surface area contributed by atoms with Crippen LogP contribution in [0.1, 0.15) is 37.3 Å². The van der Waals surface area contributed by atoms with Crippen LogP contribution in [0.25, 0.3) is 0 Å². The minimum atomic E-state index is -0.434. The standard InChI is InChI=1S/C9H10ClFN2/c10-9-7(11)8(12-5-13-9)6-3-1-2-4-6/h5-6H,1-4H2. The van der Waals surface area contributed by atoms with Crippen LogP contribution in [0.4, 0.5) is 4.39 Å². The van der Waals surface area contributed by atoms with Gasteiger partial charge in [0.15, 0.2) is 11.0 Å². The second-order valence-corrected chi connectivity index (χ2v) is 3.70. The molecular formula is C9H10ClFN2. The normalized spacial score (nSPS) is 18.0. The second kappa shape index (κ2) is 3.58. The number of nitrogens with zero attached hydrogens (tertiary/aromatic N) is 2. The summed E-state index contributed by atoms with van der Waals surface area (Å²) in [6, 6.07) is 0. The molecule has 0 aliphatic heterocycles. The van der Waals surface area contributed by atoms with Gasteiger partial charge in [-0.15, -0.1) is 0 Å². The molecule has 0 spiro atoms. The van der Waals surface area contributed by atoms with Gasteiger partial charge in [0.1, 0.15) is 6.33 Å². The molecule has 4 heteroatoms. The number of hydrogen-bond donors (Lipinski definition) is 0. The Morgan fingerprint density at radius 2 is 2.00 bits per heavy atom. The first-order valence-corrected chi connectivity index (χ1v) is 4.82. The summed E-state index contributed by atoms with van der Waals surface area (Å²) in [5, 5.41) is -0.0584. The Morgan fingerprint density at radius 1 is 1.31 bits per heavy atom. The first-order valence-electron chi connectivity index (χ1n) is 4.45. The molecule has 2 rings (SSSR count). The van der Waals surface area contributed by atoms with Gasteiger partial charge in [0, 0.05) is 5.92 Å². The summed E-state index contributed by atoms with van der Waals surface area (Å²) in [4.78, 5) is 7.54. The van der Waals surface area contributed by atoms with Gasteiger partial charge >= 0.3 is 0 Å². The van der Waals surface area contributed by atoms with Crippen LogP contribution < -0.4 is 0 Å². The molecule has 1 aromatic heterocycles. The Bertz CT molecular complexity index is 310. The highest BCUT2D eigenvalue weighted by molar-refractivity contribution is 6.29. The maximum absolute atomic E-state index is 13.4. The predicted molar refractivity (Wildman–Crippen MR) is 48.2 cm³/mol. The lowest BCUT2D eigenvalue weighted by atomic mass is 10.0. The summed E-state index contributed by atoms with van der Waals surface area (Å²) in [7, 11) is 0. The summed E-state index contributed by atoms with van der Waals surface area (Å²) in [5.74, 6) is -0.184. The van der Waals surface area contributed by atoms with Crippen LogP contribution in [-0.2, 0) is 0 Å². The zero-order chi connectivity index (χ0) is 9.26. The van der Waals surface area contributed by atoms with Gasteiger partial charge in [0.2, 0.25) is 0 Å². The zero-order valence-corrected chi connectivity index (χ0v) is 7.89. The highest BCUT2D eigenvalue weighted by Gasteiger charge is 2.23. The van der Waals surface area contributed by atoms with Crippen molar-refractivity contribution in [1.29, 1.82) is 0 Å². The van der Waals surface area contributed by atoms with Crippen molar-refractivity contribution in [2.45, 2.75) is 31.6 Å². The molecule has 1 heterocycles. The number of hydrogen-bond acceptors (Lipinski definition) is 2. The van der Waals surface area contributed by atoms with E-state index in [1.54, 1.807) is 0 Å². The van der Waals surface area contributed by atoms with E-state index in [1.165, 1.54) is 6.33 Å². The number of halogens is 2. The maximum atomic E-state index is 13.4. The van der Waals surface area contributed by atoms with Crippen LogP contribution in [0.15, 0.2) is 6.33 Å². The molecule has 1 fully saturated rings. The summed E-state index contributed by atoms with van der Waals surface area (Å²) >= 11 is 5.57. The molecule has 0 N–H and O–H groups in total. The molecule has 0 unspecified atom stereocenters. The summed E-state index contributed by atoms with van der Waals surface area (Å²) < 4.78 is 13.4. The Hall–Kier alpha value is -0.700. The van der Waals surface area contributed by atoms with Gasteiger partial charge in [0.05, 0.1) is 5.69 Å². The number of rotatable bonds is 1. The van der Waals surface area contributed by atoms with Crippen molar-refractivity contribution >= 4 is 11.6 Å². The molecule has 70 valence electrons. The summed E-state index contributed by atoms with van der Waals surface area (Å²) in [5.41, 5.74) is 0.498. The van der Waals surface area contributed by atoms with Gasteiger partial charge in [-0.2, -0.15) is 0 Å². The molecule has 13 heavy (non-hydrogen) atoms. The second-order valence-electron chi connectivity index (χ2n) is 3.35. The van der Waals surface area contributed by atoms with E-state index < -0.39 is 5.82 Å². The van der Waals surface area contributed by atoms with E-state index in [2.05, 4.69) is 9.97 Å². The average Bonchev–Trinajstić information content (AvgIpc) is 2.62. The molecule has 1 aliphatic carbocycles. The SMILES string of the molecule is Fc1c(Cl)ncnc1C1CCCC1. The van der Waals surface area contributed by atoms with Crippen molar-refractivity contribution in [2.75, 3.05) is 0 Å². The van der Waals surface area contributed by atoms with Crippen molar-refractivity contribution in [3.8, 4) is 0 Å². The maximum Gasteiger partial charge on any atom is 0.182 e. The molecule has 0 bridgehead atoms. The van der Waals surface area contributed by atoms with E-state index in [-0.39, 0.29) is 11.1 Å². The fraction of sp³-hybridized carbons (Fsp3) is 0.556. The van der Waals surface area contributed by atoms with Crippen LogP contribution >= 0.6 is 11.6 Å². The molecule has 1 aromatic rings. The van der Waals surface area contributed by atoms with E-state index in [4.69, 9.17) is 11.6 Å². The predicted octanol–water partition coefficient (Wildman–Crippen LogP) is 2.93. The number of aromatic nitrogens is 2. The summed E-state index contributed by atoms with van der Waals surface area (Å²) in [6.45, 7) is 0. The molecule has 1 saturated carbocycles. The van der Waals surface area contributed by atoms with E-state index in [0.29, 0.717) is 5.69 Å². The van der Waals surface area contributed by atoms with Crippen LogP contribution in [0.5, 0.6) is 0 Å². The van der Waals surface area contributed by atoms with Crippen molar-refractivity contribution in [3.63, 3.8) is 0 Å². The van der Waals surface area contributed by atoms with Crippen molar-refractivity contribution in [2.24, 2.45) is 0 Å². The lowest BCUT2D eigenvalue weighted by Crippen LogP contribution is -2.02. The third kappa shape index (κ3) is 1.66. The van der Waals surface area contributed by atoms with Gasteiger partial charge < -0.3 is 0 Å². The molecule has 2 nitrogen and oxygen atoms in total. The van der Waals surface area contributed by atoms with E-state index in [1.807, 2.05) is 0 Å². The Kier molecular flexibility index (Phi) is 2.44. The Labute approximate surface area is 81.2 Å². The van der Waals surface area contributed by atoms with Crippen LogP contribution in [0.2, 0.25) is 5.15 Å². The molecule has 0 radical (unpaired) electrons. The zero-order valence-electron chi connectivity index (χ0n) is 7.13.